The number of terminal acetylenes is 1. The molecule has 29 heavy (non-hydrogen) atoms. The average molecular weight is 399 g/mol. The molecule has 0 amide bonds. The zero-order chi connectivity index (χ0) is 21.0. The lowest BCUT2D eigenvalue weighted by Gasteiger charge is -2.55. The van der Waals surface area contributed by atoms with Gasteiger partial charge in [0.05, 0.1) is 5.60 Å². The fourth-order valence-corrected chi connectivity index (χ4v) is 8.17. The molecule has 162 valence electrons. The molecule has 4 rings (SSSR count). The van der Waals surface area contributed by atoms with Gasteiger partial charge in [-0.1, -0.05) is 31.4 Å². The third-order valence-corrected chi connectivity index (χ3v) is 9.74. The van der Waals surface area contributed by atoms with Gasteiger partial charge in [-0.15, -0.1) is 6.42 Å². The predicted octanol–water partition coefficient (Wildman–Crippen LogP) is 5.73. The standard InChI is InChI=1S/C27H42O2/c1-6-27(29)16-13-20-19(17-27)7-8-22-21(20)12-15-26(5)23(9-10-24(22)26)18(2)11-14-25(3,4)28/h1,7,18,20-24,28-29H,8-17H2,2-5H3/t18?,20-,21?,22?,23?,24?,26+,27-/m0/s1. The lowest BCUT2D eigenvalue weighted by molar-refractivity contribution is -0.0367. The van der Waals surface area contributed by atoms with Gasteiger partial charge >= 0.3 is 0 Å². The molecule has 3 saturated carbocycles. The lowest BCUT2D eigenvalue weighted by Crippen LogP contribution is -2.48. The second-order valence-corrected chi connectivity index (χ2v) is 12.0. The summed E-state index contributed by atoms with van der Waals surface area (Å²) in [5.41, 5.74) is 0.498. The summed E-state index contributed by atoms with van der Waals surface area (Å²) in [5, 5.41) is 20.8. The van der Waals surface area contributed by atoms with Crippen molar-refractivity contribution in [2.24, 2.45) is 40.9 Å². The van der Waals surface area contributed by atoms with E-state index in [1.165, 1.54) is 37.7 Å². The van der Waals surface area contributed by atoms with E-state index in [9.17, 15) is 10.2 Å². The predicted molar refractivity (Wildman–Crippen MR) is 119 cm³/mol. The summed E-state index contributed by atoms with van der Waals surface area (Å²) < 4.78 is 0. The van der Waals surface area contributed by atoms with E-state index in [-0.39, 0.29) is 0 Å². The SMILES string of the molecule is C#C[C@]1(O)CC[C@H]2C(=CCC3C2CC[C@]2(C)C(C(C)CCC(C)(C)O)CCC32)C1. The highest BCUT2D eigenvalue weighted by Gasteiger charge is 2.57. The first-order valence-corrected chi connectivity index (χ1v) is 12.2. The highest BCUT2D eigenvalue weighted by molar-refractivity contribution is 5.26. The number of hydrogen-bond acceptors (Lipinski definition) is 2. The molecular weight excluding hydrogens is 356 g/mol. The van der Waals surface area contributed by atoms with E-state index in [1.54, 1.807) is 0 Å². The highest BCUT2D eigenvalue weighted by atomic mass is 16.3. The van der Waals surface area contributed by atoms with Crippen LogP contribution >= 0.6 is 0 Å². The molecule has 4 aliphatic carbocycles. The second kappa shape index (κ2) is 7.42. The van der Waals surface area contributed by atoms with Crippen molar-refractivity contribution in [2.45, 2.75) is 103 Å². The number of rotatable bonds is 4. The summed E-state index contributed by atoms with van der Waals surface area (Å²) in [6, 6.07) is 0. The van der Waals surface area contributed by atoms with Crippen molar-refractivity contribution in [1.82, 2.24) is 0 Å². The van der Waals surface area contributed by atoms with E-state index in [2.05, 4.69) is 25.8 Å². The quantitative estimate of drug-likeness (QED) is 0.469. The van der Waals surface area contributed by atoms with E-state index in [0.717, 1.165) is 49.4 Å². The molecule has 4 aliphatic rings. The Morgan fingerprint density at radius 3 is 2.66 bits per heavy atom. The average Bonchev–Trinajstić information content (AvgIpc) is 3.02. The molecule has 0 aromatic rings. The summed E-state index contributed by atoms with van der Waals surface area (Å²) in [6.07, 6.45) is 19.4. The van der Waals surface area contributed by atoms with Gasteiger partial charge in [0.2, 0.25) is 0 Å². The monoisotopic (exact) mass is 398 g/mol. The van der Waals surface area contributed by atoms with Crippen LogP contribution in [-0.2, 0) is 0 Å². The van der Waals surface area contributed by atoms with Gasteiger partial charge in [0.15, 0.2) is 0 Å². The van der Waals surface area contributed by atoms with Gasteiger partial charge in [-0.3, -0.25) is 0 Å². The molecular formula is C27H42O2. The zero-order valence-electron chi connectivity index (χ0n) is 19.1. The molecule has 0 bridgehead atoms. The fraction of sp³-hybridized carbons (Fsp3) is 0.852. The number of fused-ring (bicyclic) bond motifs is 5. The molecule has 0 spiro atoms. The van der Waals surface area contributed by atoms with Crippen molar-refractivity contribution in [3.8, 4) is 12.3 Å². The summed E-state index contributed by atoms with van der Waals surface area (Å²) in [7, 11) is 0. The molecule has 0 heterocycles. The Bertz CT molecular complexity index is 694. The smallest absolute Gasteiger partial charge is 0.128 e. The van der Waals surface area contributed by atoms with E-state index >= 15 is 0 Å². The minimum absolute atomic E-state index is 0.472. The van der Waals surface area contributed by atoms with Crippen molar-refractivity contribution in [2.75, 3.05) is 0 Å². The maximum absolute atomic E-state index is 10.6. The van der Waals surface area contributed by atoms with Crippen LogP contribution in [0.1, 0.15) is 91.9 Å². The van der Waals surface area contributed by atoms with Crippen LogP contribution in [0.5, 0.6) is 0 Å². The van der Waals surface area contributed by atoms with Crippen molar-refractivity contribution in [1.29, 1.82) is 0 Å². The van der Waals surface area contributed by atoms with E-state index in [4.69, 9.17) is 6.42 Å². The molecule has 2 N–H and O–H groups in total. The molecule has 2 heteroatoms. The Balaban J connectivity index is 1.49. The van der Waals surface area contributed by atoms with Crippen LogP contribution in [-0.4, -0.2) is 21.4 Å². The van der Waals surface area contributed by atoms with Gasteiger partial charge in [0.1, 0.15) is 5.60 Å². The number of allylic oxidation sites excluding steroid dienone is 1. The van der Waals surface area contributed by atoms with Crippen molar-refractivity contribution in [3.63, 3.8) is 0 Å². The maximum atomic E-state index is 10.6. The largest absolute Gasteiger partial charge is 0.390 e. The summed E-state index contributed by atoms with van der Waals surface area (Å²) >= 11 is 0. The third kappa shape index (κ3) is 3.83. The summed E-state index contributed by atoms with van der Waals surface area (Å²) in [4.78, 5) is 0. The molecule has 2 nitrogen and oxygen atoms in total. The molecule has 0 aromatic carbocycles. The van der Waals surface area contributed by atoms with Crippen LogP contribution in [0.4, 0.5) is 0 Å². The Hall–Kier alpha value is -0.780. The van der Waals surface area contributed by atoms with Gasteiger partial charge < -0.3 is 10.2 Å². The maximum Gasteiger partial charge on any atom is 0.128 e. The van der Waals surface area contributed by atoms with Crippen LogP contribution in [0.25, 0.3) is 0 Å². The van der Waals surface area contributed by atoms with Crippen molar-refractivity contribution >= 4 is 0 Å². The molecule has 8 atom stereocenters. The highest BCUT2D eigenvalue weighted by Crippen LogP contribution is 2.65. The molecule has 0 radical (unpaired) electrons. The van der Waals surface area contributed by atoms with E-state index in [0.29, 0.717) is 23.7 Å². The minimum atomic E-state index is -0.896. The van der Waals surface area contributed by atoms with Crippen molar-refractivity contribution < 1.29 is 10.2 Å². The Labute approximate surface area is 178 Å². The summed E-state index contributed by atoms with van der Waals surface area (Å²) in [6.45, 7) is 8.93. The van der Waals surface area contributed by atoms with Gasteiger partial charge in [-0.05, 0) is 113 Å². The lowest BCUT2D eigenvalue weighted by atomic mass is 9.50. The van der Waals surface area contributed by atoms with Gasteiger partial charge in [-0.2, -0.15) is 0 Å². The van der Waals surface area contributed by atoms with Crippen molar-refractivity contribution in [3.05, 3.63) is 11.6 Å². The Morgan fingerprint density at radius 2 is 1.97 bits per heavy atom. The van der Waals surface area contributed by atoms with Gasteiger partial charge in [0, 0.05) is 6.42 Å². The molecule has 3 fully saturated rings. The van der Waals surface area contributed by atoms with Gasteiger partial charge in [-0.25, -0.2) is 0 Å². The number of hydrogen-bond donors (Lipinski definition) is 2. The van der Waals surface area contributed by atoms with E-state index < -0.39 is 11.2 Å². The molecule has 0 aromatic heterocycles. The van der Waals surface area contributed by atoms with Crippen LogP contribution in [0.15, 0.2) is 11.6 Å². The Kier molecular flexibility index (Phi) is 5.49. The topological polar surface area (TPSA) is 40.5 Å². The number of aliphatic hydroxyl groups is 2. The summed E-state index contributed by atoms with van der Waals surface area (Å²) in [5.74, 6) is 7.31. The minimum Gasteiger partial charge on any atom is -0.390 e. The zero-order valence-corrected chi connectivity index (χ0v) is 19.1. The molecule has 5 unspecified atom stereocenters. The third-order valence-electron chi connectivity index (χ3n) is 9.74. The second-order valence-electron chi connectivity index (χ2n) is 12.0. The van der Waals surface area contributed by atoms with E-state index in [1.807, 2.05) is 13.8 Å². The van der Waals surface area contributed by atoms with Gasteiger partial charge in [0.25, 0.3) is 0 Å². The molecule has 0 aliphatic heterocycles. The fourth-order valence-electron chi connectivity index (χ4n) is 8.17. The first kappa shape index (κ1) is 21.5. The van der Waals surface area contributed by atoms with Crippen LogP contribution in [0.3, 0.4) is 0 Å². The van der Waals surface area contributed by atoms with Crippen LogP contribution in [0.2, 0.25) is 0 Å². The Morgan fingerprint density at radius 1 is 1.21 bits per heavy atom. The first-order chi connectivity index (χ1) is 13.6. The first-order valence-electron chi connectivity index (χ1n) is 12.2. The normalized spacial score (nSPS) is 45.4. The van der Waals surface area contributed by atoms with Crippen LogP contribution < -0.4 is 0 Å². The molecule has 0 saturated heterocycles. The van der Waals surface area contributed by atoms with Crippen LogP contribution in [0, 0.1) is 53.3 Å².